The maximum atomic E-state index is 12.5. The molecule has 3 nitrogen and oxygen atoms in total. The molecule has 0 spiro atoms. The van der Waals surface area contributed by atoms with Gasteiger partial charge >= 0.3 is 0 Å². The molecule has 1 atom stereocenters. The average Bonchev–Trinajstić information content (AvgIpc) is 2.44. The van der Waals surface area contributed by atoms with Crippen LogP contribution in [0.1, 0.15) is 37.6 Å². The quantitative estimate of drug-likeness (QED) is 0.861. The first kappa shape index (κ1) is 15.4. The van der Waals surface area contributed by atoms with Crippen molar-refractivity contribution in [1.29, 1.82) is 0 Å². The summed E-state index contributed by atoms with van der Waals surface area (Å²) in [5.74, 6) is 0.0373. The molecule has 0 radical (unpaired) electrons. The number of hydrogen-bond donors (Lipinski definition) is 1. The van der Waals surface area contributed by atoms with Gasteiger partial charge in [0.05, 0.1) is 0 Å². The van der Waals surface area contributed by atoms with Crippen molar-refractivity contribution in [3.8, 4) is 0 Å². The number of carbonyl (C=O) groups excluding carboxylic acids is 1. The minimum Gasteiger partial charge on any atom is -0.399 e. The van der Waals surface area contributed by atoms with Gasteiger partial charge in [-0.2, -0.15) is 0 Å². The maximum Gasteiger partial charge on any atom is 0.253 e. The van der Waals surface area contributed by atoms with Gasteiger partial charge in [-0.1, -0.05) is 30.2 Å². The van der Waals surface area contributed by atoms with Crippen LogP contribution in [0.25, 0.3) is 0 Å². The maximum absolute atomic E-state index is 12.5. The second-order valence-corrected chi connectivity index (χ2v) is 6.32. The topological polar surface area (TPSA) is 46.3 Å². The van der Waals surface area contributed by atoms with Crippen LogP contribution in [-0.2, 0) is 0 Å². The Bertz CT molecular complexity index is 598. The minimum absolute atomic E-state index is 0.0116. The normalized spacial score (nSPS) is 21.5. The van der Waals surface area contributed by atoms with Gasteiger partial charge in [0.15, 0.2) is 0 Å². The van der Waals surface area contributed by atoms with Gasteiger partial charge in [0.2, 0.25) is 0 Å². The van der Waals surface area contributed by atoms with Crippen molar-refractivity contribution in [2.75, 3.05) is 19.3 Å². The van der Waals surface area contributed by atoms with E-state index in [1.54, 1.807) is 29.2 Å². The van der Waals surface area contributed by atoms with Crippen LogP contribution in [0.4, 0.5) is 5.69 Å². The summed E-state index contributed by atoms with van der Waals surface area (Å²) in [6.07, 6.45) is 5.43. The van der Waals surface area contributed by atoms with Gasteiger partial charge in [0, 0.05) is 30.3 Å². The highest BCUT2D eigenvalue weighted by Gasteiger charge is 2.30. The molecule has 0 aliphatic heterocycles. The Morgan fingerprint density at radius 3 is 2.48 bits per heavy atom. The molecule has 0 saturated carbocycles. The second-order valence-electron chi connectivity index (χ2n) is 6.32. The van der Waals surface area contributed by atoms with Crippen LogP contribution < -0.4 is 5.73 Å². The third-order valence-corrected chi connectivity index (χ3v) is 4.36. The Hall–Kier alpha value is -2.03. The predicted octanol–water partition coefficient (Wildman–Crippen LogP) is 3.64. The molecule has 1 amide bonds. The molecule has 1 unspecified atom stereocenters. The van der Waals surface area contributed by atoms with Gasteiger partial charge < -0.3 is 10.6 Å². The molecule has 0 bridgehead atoms. The van der Waals surface area contributed by atoms with Gasteiger partial charge in [-0.15, -0.1) is 0 Å². The van der Waals surface area contributed by atoms with Crippen LogP contribution in [-0.4, -0.2) is 24.4 Å². The summed E-state index contributed by atoms with van der Waals surface area (Å²) in [6, 6.07) is 7.09. The Morgan fingerprint density at radius 2 is 1.90 bits per heavy atom. The third kappa shape index (κ3) is 3.35. The molecular formula is C18H24N2O. The number of nitrogen functional groups attached to an aromatic ring is 1. The fourth-order valence-corrected chi connectivity index (χ4v) is 2.75. The number of rotatable bonds is 3. The first-order valence-corrected chi connectivity index (χ1v) is 7.28. The van der Waals surface area contributed by atoms with Crippen molar-refractivity contribution in [3.05, 3.63) is 53.1 Å². The Morgan fingerprint density at radius 1 is 1.29 bits per heavy atom. The molecule has 1 aliphatic rings. The SMILES string of the molecule is CC1=CCC(C)(CN(C)C(=O)c2ccc(N)cc2)C(C)=C1. The molecule has 0 fully saturated rings. The first-order chi connectivity index (χ1) is 9.82. The molecule has 0 aromatic heterocycles. The van der Waals surface area contributed by atoms with Crippen molar-refractivity contribution >= 4 is 11.6 Å². The number of hydrogen-bond acceptors (Lipinski definition) is 2. The van der Waals surface area contributed by atoms with Crippen molar-refractivity contribution in [3.63, 3.8) is 0 Å². The molecule has 112 valence electrons. The van der Waals surface area contributed by atoms with Crippen LogP contribution in [0.3, 0.4) is 0 Å². The molecule has 2 rings (SSSR count). The molecule has 0 saturated heterocycles. The van der Waals surface area contributed by atoms with E-state index in [0.29, 0.717) is 17.8 Å². The van der Waals surface area contributed by atoms with Crippen LogP contribution in [0.15, 0.2) is 47.6 Å². The molecule has 21 heavy (non-hydrogen) atoms. The smallest absolute Gasteiger partial charge is 0.253 e. The number of anilines is 1. The summed E-state index contributed by atoms with van der Waals surface area (Å²) >= 11 is 0. The van der Waals surface area contributed by atoms with Crippen molar-refractivity contribution in [2.24, 2.45) is 5.41 Å². The van der Waals surface area contributed by atoms with E-state index in [9.17, 15) is 4.79 Å². The molecule has 1 aliphatic carbocycles. The largest absolute Gasteiger partial charge is 0.399 e. The molecule has 0 heterocycles. The Kier molecular flexibility index (Phi) is 4.21. The lowest BCUT2D eigenvalue weighted by molar-refractivity contribution is 0.0746. The first-order valence-electron chi connectivity index (χ1n) is 7.28. The zero-order valence-corrected chi connectivity index (χ0v) is 13.3. The molecular weight excluding hydrogens is 260 g/mol. The Balaban J connectivity index is 2.11. The fraction of sp³-hybridized carbons (Fsp3) is 0.389. The van der Waals surface area contributed by atoms with E-state index in [2.05, 4.69) is 32.9 Å². The summed E-state index contributed by atoms with van der Waals surface area (Å²) < 4.78 is 0. The monoisotopic (exact) mass is 284 g/mol. The molecule has 2 N–H and O–H groups in total. The van der Waals surface area contributed by atoms with E-state index >= 15 is 0 Å². The highest BCUT2D eigenvalue weighted by molar-refractivity contribution is 5.94. The van der Waals surface area contributed by atoms with Crippen LogP contribution >= 0.6 is 0 Å². The summed E-state index contributed by atoms with van der Waals surface area (Å²) in [4.78, 5) is 14.3. The summed E-state index contributed by atoms with van der Waals surface area (Å²) in [6.45, 7) is 7.20. The van der Waals surface area contributed by atoms with Gasteiger partial charge in [-0.3, -0.25) is 4.79 Å². The zero-order chi connectivity index (χ0) is 15.6. The number of allylic oxidation sites excluding steroid dienone is 3. The van der Waals surface area contributed by atoms with E-state index < -0.39 is 0 Å². The lowest BCUT2D eigenvalue weighted by Crippen LogP contribution is -2.38. The van der Waals surface area contributed by atoms with E-state index in [1.807, 2.05) is 7.05 Å². The third-order valence-electron chi connectivity index (χ3n) is 4.36. The van der Waals surface area contributed by atoms with E-state index in [0.717, 1.165) is 6.42 Å². The lowest BCUT2D eigenvalue weighted by Gasteiger charge is -2.36. The van der Waals surface area contributed by atoms with E-state index in [1.165, 1.54) is 11.1 Å². The molecule has 1 aromatic carbocycles. The van der Waals surface area contributed by atoms with E-state index in [4.69, 9.17) is 5.73 Å². The van der Waals surface area contributed by atoms with Gasteiger partial charge in [0.1, 0.15) is 0 Å². The number of nitrogens with zero attached hydrogens (tertiary/aromatic N) is 1. The molecule has 1 aromatic rings. The number of carbonyl (C=O) groups is 1. The van der Waals surface area contributed by atoms with Crippen molar-refractivity contribution in [1.82, 2.24) is 4.90 Å². The van der Waals surface area contributed by atoms with Crippen LogP contribution in [0.5, 0.6) is 0 Å². The lowest BCUT2D eigenvalue weighted by atomic mass is 9.75. The standard InChI is InChI=1S/C18H24N2O/c1-13-9-10-18(3,14(2)11-13)12-20(4)17(21)15-5-7-16(19)8-6-15/h5-9,11H,10,12,19H2,1-4H3. The van der Waals surface area contributed by atoms with Crippen LogP contribution in [0, 0.1) is 5.41 Å². The van der Waals surface area contributed by atoms with Gasteiger partial charge in [0.25, 0.3) is 5.91 Å². The van der Waals surface area contributed by atoms with Crippen LogP contribution in [0.2, 0.25) is 0 Å². The highest BCUT2D eigenvalue weighted by Crippen LogP contribution is 2.36. The van der Waals surface area contributed by atoms with Crippen molar-refractivity contribution in [2.45, 2.75) is 27.2 Å². The predicted molar refractivity (Wildman–Crippen MR) is 88.1 cm³/mol. The Labute approximate surface area is 127 Å². The summed E-state index contributed by atoms with van der Waals surface area (Å²) in [5.41, 5.74) is 9.67. The van der Waals surface area contributed by atoms with Gasteiger partial charge in [-0.05, 0) is 44.5 Å². The highest BCUT2D eigenvalue weighted by atomic mass is 16.2. The minimum atomic E-state index is 0.0116. The van der Waals surface area contributed by atoms with Gasteiger partial charge in [-0.25, -0.2) is 0 Å². The average molecular weight is 284 g/mol. The summed E-state index contributed by atoms with van der Waals surface area (Å²) in [7, 11) is 1.86. The molecule has 3 heteroatoms. The second kappa shape index (κ2) is 5.76. The summed E-state index contributed by atoms with van der Waals surface area (Å²) in [5, 5.41) is 0. The number of benzene rings is 1. The van der Waals surface area contributed by atoms with E-state index in [-0.39, 0.29) is 11.3 Å². The number of nitrogens with two attached hydrogens (primary N) is 1. The zero-order valence-electron chi connectivity index (χ0n) is 13.3. The fourth-order valence-electron chi connectivity index (χ4n) is 2.75. The number of amides is 1. The van der Waals surface area contributed by atoms with Crippen molar-refractivity contribution < 1.29 is 4.79 Å².